The van der Waals surface area contributed by atoms with Gasteiger partial charge in [0.2, 0.25) is 5.91 Å². The molecule has 1 aliphatic rings. The average molecular weight is 364 g/mol. The molecule has 4 rings (SSSR count). The summed E-state index contributed by atoms with van der Waals surface area (Å²) >= 11 is 0. The van der Waals surface area contributed by atoms with Crippen molar-refractivity contribution in [1.82, 2.24) is 19.5 Å². The smallest absolute Gasteiger partial charge is 0.277 e. The van der Waals surface area contributed by atoms with Gasteiger partial charge in [0.05, 0.1) is 5.69 Å². The number of amides is 1. The molecule has 3 aromatic rings. The van der Waals surface area contributed by atoms with E-state index in [0.29, 0.717) is 5.52 Å². The van der Waals surface area contributed by atoms with Crippen LogP contribution in [0, 0.1) is 6.92 Å². The zero-order valence-corrected chi connectivity index (χ0v) is 15.5. The van der Waals surface area contributed by atoms with Gasteiger partial charge in [0.1, 0.15) is 12.1 Å². The SMILES string of the molecule is Cc1ccc(-c2cc3c(=O)n(CC(=O)NC4CCCCC4)ccn3n2)cc1. The van der Waals surface area contributed by atoms with Gasteiger partial charge in [-0.05, 0) is 25.8 Å². The molecule has 1 N–H and O–H groups in total. The topological polar surface area (TPSA) is 68.4 Å². The van der Waals surface area contributed by atoms with Crippen molar-refractivity contribution < 1.29 is 4.79 Å². The first kappa shape index (κ1) is 17.5. The van der Waals surface area contributed by atoms with E-state index < -0.39 is 0 Å². The zero-order valence-electron chi connectivity index (χ0n) is 15.5. The van der Waals surface area contributed by atoms with Gasteiger partial charge in [-0.15, -0.1) is 0 Å². The van der Waals surface area contributed by atoms with E-state index in [1.807, 2.05) is 31.2 Å². The second-order valence-corrected chi connectivity index (χ2v) is 7.36. The summed E-state index contributed by atoms with van der Waals surface area (Å²) in [6, 6.07) is 10.1. The van der Waals surface area contributed by atoms with Crippen LogP contribution in [0.5, 0.6) is 0 Å². The Labute approximate surface area is 157 Å². The second kappa shape index (κ2) is 7.39. The molecule has 0 radical (unpaired) electrons. The van der Waals surface area contributed by atoms with Gasteiger partial charge in [-0.1, -0.05) is 49.1 Å². The summed E-state index contributed by atoms with van der Waals surface area (Å²) in [6.45, 7) is 2.07. The van der Waals surface area contributed by atoms with Gasteiger partial charge >= 0.3 is 0 Å². The van der Waals surface area contributed by atoms with Gasteiger partial charge in [-0.2, -0.15) is 5.10 Å². The van der Waals surface area contributed by atoms with Crippen LogP contribution in [0.4, 0.5) is 0 Å². The summed E-state index contributed by atoms with van der Waals surface area (Å²) in [4.78, 5) is 25.1. The molecule has 140 valence electrons. The van der Waals surface area contributed by atoms with E-state index in [-0.39, 0.29) is 24.1 Å². The van der Waals surface area contributed by atoms with E-state index in [1.54, 1.807) is 23.0 Å². The second-order valence-electron chi connectivity index (χ2n) is 7.36. The van der Waals surface area contributed by atoms with Gasteiger partial charge in [0.25, 0.3) is 5.56 Å². The van der Waals surface area contributed by atoms with E-state index in [9.17, 15) is 9.59 Å². The Kier molecular flexibility index (Phi) is 4.79. The normalized spacial score (nSPS) is 15.1. The molecule has 0 aliphatic heterocycles. The Hall–Kier alpha value is -2.89. The third-order valence-electron chi connectivity index (χ3n) is 5.24. The molecule has 0 atom stereocenters. The molecule has 2 aromatic heterocycles. The van der Waals surface area contributed by atoms with Gasteiger partial charge in [0.15, 0.2) is 0 Å². The standard InChI is InChI=1S/C21H24N4O2/c1-15-7-9-16(10-8-15)18-13-19-21(27)24(11-12-25(19)23-18)14-20(26)22-17-5-3-2-4-6-17/h7-13,17H,2-6,14H2,1H3,(H,22,26). The van der Waals surface area contributed by atoms with Crippen LogP contribution in [-0.4, -0.2) is 26.1 Å². The molecular formula is C21H24N4O2. The maximum Gasteiger partial charge on any atom is 0.277 e. The summed E-state index contributed by atoms with van der Waals surface area (Å²) in [5, 5.41) is 7.55. The number of carbonyl (C=O) groups is 1. The molecule has 0 saturated heterocycles. The van der Waals surface area contributed by atoms with Crippen molar-refractivity contribution in [3.05, 3.63) is 58.6 Å². The summed E-state index contributed by atoms with van der Waals surface area (Å²) in [7, 11) is 0. The van der Waals surface area contributed by atoms with Crippen molar-refractivity contribution in [2.24, 2.45) is 0 Å². The molecule has 1 amide bonds. The maximum absolute atomic E-state index is 12.8. The molecule has 2 heterocycles. The van der Waals surface area contributed by atoms with Crippen LogP contribution in [0.3, 0.4) is 0 Å². The van der Waals surface area contributed by atoms with Crippen LogP contribution in [0.25, 0.3) is 16.8 Å². The van der Waals surface area contributed by atoms with E-state index >= 15 is 0 Å². The number of nitrogens with one attached hydrogen (secondary N) is 1. The van der Waals surface area contributed by atoms with Crippen LogP contribution in [0.2, 0.25) is 0 Å². The first-order valence-corrected chi connectivity index (χ1v) is 9.55. The molecule has 1 fully saturated rings. The molecule has 1 aliphatic carbocycles. The van der Waals surface area contributed by atoms with E-state index in [1.165, 1.54) is 16.6 Å². The number of rotatable bonds is 4. The molecular weight excluding hydrogens is 340 g/mol. The number of fused-ring (bicyclic) bond motifs is 1. The number of hydrogen-bond acceptors (Lipinski definition) is 3. The minimum absolute atomic E-state index is 0.0386. The minimum atomic E-state index is -0.206. The van der Waals surface area contributed by atoms with Crippen molar-refractivity contribution in [2.75, 3.05) is 0 Å². The highest BCUT2D eigenvalue weighted by Gasteiger charge is 2.17. The number of hydrogen-bond donors (Lipinski definition) is 1. The van der Waals surface area contributed by atoms with E-state index in [2.05, 4.69) is 10.4 Å². The molecule has 0 spiro atoms. The predicted octanol–water partition coefficient (Wildman–Crippen LogP) is 2.92. The molecule has 1 saturated carbocycles. The lowest BCUT2D eigenvalue weighted by Gasteiger charge is -2.22. The fourth-order valence-corrected chi connectivity index (χ4v) is 3.69. The Bertz CT molecular complexity index is 1010. The van der Waals surface area contributed by atoms with Crippen LogP contribution >= 0.6 is 0 Å². The minimum Gasteiger partial charge on any atom is -0.352 e. The van der Waals surface area contributed by atoms with E-state index in [4.69, 9.17) is 0 Å². The lowest BCUT2D eigenvalue weighted by atomic mass is 9.95. The van der Waals surface area contributed by atoms with Gasteiger partial charge < -0.3 is 9.88 Å². The molecule has 6 nitrogen and oxygen atoms in total. The first-order chi connectivity index (χ1) is 13.1. The average Bonchev–Trinajstić information content (AvgIpc) is 3.10. The van der Waals surface area contributed by atoms with Crippen molar-refractivity contribution in [3.63, 3.8) is 0 Å². The quantitative estimate of drug-likeness (QED) is 0.774. The van der Waals surface area contributed by atoms with Crippen LogP contribution in [0.15, 0.2) is 47.5 Å². The zero-order chi connectivity index (χ0) is 18.8. The highest BCUT2D eigenvalue weighted by atomic mass is 16.2. The number of carbonyl (C=O) groups excluding carboxylic acids is 1. The Morgan fingerprint density at radius 3 is 2.63 bits per heavy atom. The summed E-state index contributed by atoms with van der Waals surface area (Å²) in [5.41, 5.74) is 3.15. The number of nitrogens with zero attached hydrogens (tertiary/aromatic N) is 3. The summed E-state index contributed by atoms with van der Waals surface area (Å²) in [5.74, 6) is -0.105. The molecule has 0 unspecified atom stereocenters. The third-order valence-corrected chi connectivity index (χ3v) is 5.24. The summed E-state index contributed by atoms with van der Waals surface area (Å²) < 4.78 is 3.03. The number of aromatic nitrogens is 3. The van der Waals surface area contributed by atoms with E-state index in [0.717, 1.165) is 36.9 Å². The fourth-order valence-electron chi connectivity index (χ4n) is 3.69. The Morgan fingerprint density at radius 2 is 1.89 bits per heavy atom. The molecule has 27 heavy (non-hydrogen) atoms. The van der Waals surface area contributed by atoms with Gasteiger partial charge in [-0.25, -0.2) is 4.52 Å². The Balaban J connectivity index is 1.55. The number of aryl methyl sites for hydroxylation is 1. The van der Waals surface area contributed by atoms with Crippen LogP contribution in [-0.2, 0) is 11.3 Å². The third kappa shape index (κ3) is 3.79. The van der Waals surface area contributed by atoms with Crippen LogP contribution in [0.1, 0.15) is 37.7 Å². The van der Waals surface area contributed by atoms with Crippen molar-refractivity contribution in [2.45, 2.75) is 51.6 Å². The predicted molar refractivity (Wildman–Crippen MR) is 105 cm³/mol. The Morgan fingerprint density at radius 1 is 1.15 bits per heavy atom. The summed E-state index contributed by atoms with van der Waals surface area (Å²) in [6.07, 6.45) is 8.98. The molecule has 6 heteroatoms. The highest BCUT2D eigenvalue weighted by Crippen LogP contribution is 2.19. The van der Waals surface area contributed by atoms with Crippen molar-refractivity contribution in [1.29, 1.82) is 0 Å². The first-order valence-electron chi connectivity index (χ1n) is 9.55. The highest BCUT2D eigenvalue weighted by molar-refractivity contribution is 5.76. The van der Waals surface area contributed by atoms with Gasteiger partial charge in [0, 0.05) is 24.0 Å². The lowest BCUT2D eigenvalue weighted by molar-refractivity contribution is -0.122. The van der Waals surface area contributed by atoms with Gasteiger partial charge in [-0.3, -0.25) is 9.59 Å². The monoisotopic (exact) mass is 364 g/mol. The fraction of sp³-hybridized carbons (Fsp3) is 0.381. The molecule has 0 bridgehead atoms. The van der Waals surface area contributed by atoms with Crippen molar-refractivity contribution in [3.8, 4) is 11.3 Å². The van der Waals surface area contributed by atoms with Crippen molar-refractivity contribution >= 4 is 11.4 Å². The largest absolute Gasteiger partial charge is 0.352 e. The lowest BCUT2D eigenvalue weighted by Crippen LogP contribution is -2.39. The van der Waals surface area contributed by atoms with Crippen LogP contribution < -0.4 is 10.9 Å². The number of benzene rings is 1. The molecule has 1 aromatic carbocycles. The maximum atomic E-state index is 12.8.